The molecule has 0 aromatic carbocycles. The molecule has 6 heteroatoms. The molecule has 0 saturated heterocycles. The summed E-state index contributed by atoms with van der Waals surface area (Å²) in [6, 6.07) is 0.0931. The fraction of sp³-hybridized carbons (Fsp3) is 0.667. The number of aromatic nitrogens is 2. The molecule has 0 radical (unpaired) electrons. The molecule has 1 amide bonds. The number of carbonyl (C=O) groups is 1. The van der Waals surface area contributed by atoms with Crippen molar-refractivity contribution in [2.75, 3.05) is 5.43 Å². The van der Waals surface area contributed by atoms with E-state index in [1.165, 1.54) is 0 Å². The van der Waals surface area contributed by atoms with E-state index >= 15 is 0 Å². The summed E-state index contributed by atoms with van der Waals surface area (Å²) >= 11 is 0. The van der Waals surface area contributed by atoms with Crippen LogP contribution >= 0.6 is 0 Å². The van der Waals surface area contributed by atoms with Gasteiger partial charge in [0.2, 0.25) is 0 Å². The van der Waals surface area contributed by atoms with E-state index in [4.69, 9.17) is 5.84 Å². The number of nitrogens with zero attached hydrogens (tertiary/aromatic N) is 2. The molecule has 0 spiro atoms. The van der Waals surface area contributed by atoms with Crippen LogP contribution in [0.5, 0.6) is 0 Å². The van der Waals surface area contributed by atoms with Crippen molar-refractivity contribution in [3.8, 4) is 0 Å². The fourth-order valence-corrected chi connectivity index (χ4v) is 2.34. The molecular weight excluding hydrogens is 266 g/mol. The molecule has 0 fully saturated rings. The predicted molar refractivity (Wildman–Crippen MR) is 84.9 cm³/mol. The normalized spacial score (nSPS) is 12.6. The lowest BCUT2D eigenvalue weighted by Gasteiger charge is -2.22. The summed E-state index contributed by atoms with van der Waals surface area (Å²) in [5, 5.41) is 3.01. The third kappa shape index (κ3) is 4.39. The summed E-state index contributed by atoms with van der Waals surface area (Å²) in [6.07, 6.45) is 3.61. The Labute approximate surface area is 126 Å². The smallest absolute Gasteiger partial charge is 0.272 e. The van der Waals surface area contributed by atoms with E-state index in [1.807, 2.05) is 20.8 Å². The van der Waals surface area contributed by atoms with Crippen molar-refractivity contribution >= 4 is 11.6 Å². The first kappa shape index (κ1) is 17.4. The lowest BCUT2D eigenvalue weighted by atomic mass is 9.95. The van der Waals surface area contributed by atoms with Gasteiger partial charge in [0.25, 0.3) is 5.91 Å². The number of carbonyl (C=O) groups excluding carboxylic acids is 1. The van der Waals surface area contributed by atoms with Crippen molar-refractivity contribution < 1.29 is 4.79 Å². The van der Waals surface area contributed by atoms with E-state index in [9.17, 15) is 4.79 Å². The van der Waals surface area contributed by atoms with Crippen LogP contribution in [0.1, 0.15) is 69.7 Å². The maximum absolute atomic E-state index is 12.4. The van der Waals surface area contributed by atoms with E-state index in [0.29, 0.717) is 23.1 Å². The SMILES string of the molecule is CCC(CC)C(C)NC(=O)c1nc(C(C)C)ncc1NN. The van der Waals surface area contributed by atoms with Crippen molar-refractivity contribution in [1.82, 2.24) is 15.3 Å². The third-order valence-electron chi connectivity index (χ3n) is 3.81. The first-order chi connectivity index (χ1) is 9.94. The Morgan fingerprint density at radius 3 is 2.38 bits per heavy atom. The van der Waals surface area contributed by atoms with Crippen LogP contribution in [0.15, 0.2) is 6.20 Å². The molecular formula is C15H27N5O. The zero-order chi connectivity index (χ0) is 16.0. The van der Waals surface area contributed by atoms with Gasteiger partial charge in [0.15, 0.2) is 5.69 Å². The number of hydrazine groups is 1. The van der Waals surface area contributed by atoms with Gasteiger partial charge in [-0.25, -0.2) is 9.97 Å². The molecule has 0 aliphatic heterocycles. The van der Waals surface area contributed by atoms with Gasteiger partial charge in [0, 0.05) is 12.0 Å². The second-order valence-electron chi connectivity index (χ2n) is 5.63. The summed E-state index contributed by atoms with van der Waals surface area (Å²) in [5.74, 6) is 6.47. The number of anilines is 1. The van der Waals surface area contributed by atoms with Crippen LogP contribution in [0.2, 0.25) is 0 Å². The van der Waals surface area contributed by atoms with E-state index < -0.39 is 0 Å². The van der Waals surface area contributed by atoms with Crippen LogP contribution in [-0.2, 0) is 0 Å². The number of nitrogens with one attached hydrogen (secondary N) is 2. The van der Waals surface area contributed by atoms with Crippen molar-refractivity contribution in [2.24, 2.45) is 11.8 Å². The van der Waals surface area contributed by atoms with E-state index in [1.54, 1.807) is 6.20 Å². The lowest BCUT2D eigenvalue weighted by Crippen LogP contribution is -2.38. The minimum atomic E-state index is -0.216. The van der Waals surface area contributed by atoms with Crippen molar-refractivity contribution in [1.29, 1.82) is 0 Å². The summed E-state index contributed by atoms with van der Waals surface area (Å²) < 4.78 is 0. The number of nitrogens with two attached hydrogens (primary N) is 1. The molecule has 0 bridgehead atoms. The number of amides is 1. The van der Waals surface area contributed by atoms with Gasteiger partial charge in [-0.1, -0.05) is 40.5 Å². The third-order valence-corrected chi connectivity index (χ3v) is 3.81. The quantitative estimate of drug-likeness (QED) is 0.530. The Balaban J connectivity index is 2.97. The number of nitrogen functional groups attached to an aromatic ring is 1. The van der Waals surface area contributed by atoms with Crippen LogP contribution in [0.25, 0.3) is 0 Å². The maximum atomic E-state index is 12.4. The van der Waals surface area contributed by atoms with Gasteiger partial charge in [-0.2, -0.15) is 0 Å². The molecule has 0 aliphatic carbocycles. The minimum Gasteiger partial charge on any atom is -0.348 e. The Kier molecular flexibility index (Phi) is 6.55. The Morgan fingerprint density at radius 2 is 1.90 bits per heavy atom. The minimum absolute atomic E-state index is 0.0931. The molecule has 0 saturated carbocycles. The Hall–Kier alpha value is -1.69. The first-order valence-corrected chi connectivity index (χ1v) is 7.58. The van der Waals surface area contributed by atoms with Crippen LogP contribution in [-0.4, -0.2) is 21.9 Å². The van der Waals surface area contributed by atoms with Crippen LogP contribution in [0.3, 0.4) is 0 Å². The molecule has 1 unspecified atom stereocenters. The molecule has 6 nitrogen and oxygen atoms in total. The van der Waals surface area contributed by atoms with Gasteiger partial charge in [-0.15, -0.1) is 0 Å². The molecule has 4 N–H and O–H groups in total. The highest BCUT2D eigenvalue weighted by atomic mass is 16.2. The van der Waals surface area contributed by atoms with Crippen molar-refractivity contribution in [2.45, 2.75) is 59.4 Å². The maximum Gasteiger partial charge on any atom is 0.272 e. The van der Waals surface area contributed by atoms with Gasteiger partial charge in [0.05, 0.1) is 11.9 Å². The zero-order valence-electron chi connectivity index (χ0n) is 13.6. The molecule has 1 heterocycles. The molecule has 0 aliphatic rings. The molecule has 1 atom stereocenters. The fourth-order valence-electron chi connectivity index (χ4n) is 2.34. The molecule has 1 aromatic heterocycles. The van der Waals surface area contributed by atoms with Gasteiger partial charge in [-0.05, 0) is 12.8 Å². The van der Waals surface area contributed by atoms with Crippen molar-refractivity contribution in [3.05, 3.63) is 17.7 Å². The topological polar surface area (TPSA) is 92.9 Å². The van der Waals surface area contributed by atoms with Crippen molar-refractivity contribution in [3.63, 3.8) is 0 Å². The van der Waals surface area contributed by atoms with E-state index in [2.05, 4.69) is 34.6 Å². The average molecular weight is 293 g/mol. The summed E-state index contributed by atoms with van der Waals surface area (Å²) in [5.41, 5.74) is 3.23. The number of rotatable bonds is 7. The van der Waals surface area contributed by atoms with Gasteiger partial charge in [0.1, 0.15) is 5.82 Å². The van der Waals surface area contributed by atoms with E-state index in [0.717, 1.165) is 12.8 Å². The molecule has 1 rings (SSSR count). The Morgan fingerprint density at radius 1 is 1.29 bits per heavy atom. The molecule has 1 aromatic rings. The number of hydrogen-bond acceptors (Lipinski definition) is 5. The first-order valence-electron chi connectivity index (χ1n) is 7.58. The zero-order valence-corrected chi connectivity index (χ0v) is 13.6. The van der Waals surface area contributed by atoms with Crippen LogP contribution < -0.4 is 16.6 Å². The Bertz CT molecular complexity index is 471. The van der Waals surface area contributed by atoms with Gasteiger partial charge < -0.3 is 10.7 Å². The van der Waals surface area contributed by atoms with Crippen LogP contribution in [0, 0.1) is 5.92 Å². The van der Waals surface area contributed by atoms with Gasteiger partial charge >= 0.3 is 0 Å². The predicted octanol–water partition coefficient (Wildman–Crippen LogP) is 2.44. The summed E-state index contributed by atoms with van der Waals surface area (Å²) in [7, 11) is 0. The van der Waals surface area contributed by atoms with Crippen LogP contribution in [0.4, 0.5) is 5.69 Å². The largest absolute Gasteiger partial charge is 0.348 e. The highest BCUT2D eigenvalue weighted by Crippen LogP contribution is 2.17. The summed E-state index contributed by atoms with van der Waals surface area (Å²) in [4.78, 5) is 21.0. The lowest BCUT2D eigenvalue weighted by molar-refractivity contribution is 0.0920. The highest BCUT2D eigenvalue weighted by molar-refractivity contribution is 5.97. The number of hydrogen-bond donors (Lipinski definition) is 3. The second-order valence-corrected chi connectivity index (χ2v) is 5.63. The summed E-state index contributed by atoms with van der Waals surface area (Å²) in [6.45, 7) is 10.3. The molecule has 118 valence electrons. The monoisotopic (exact) mass is 293 g/mol. The second kappa shape index (κ2) is 7.93. The average Bonchev–Trinajstić information content (AvgIpc) is 2.47. The molecule has 21 heavy (non-hydrogen) atoms. The van der Waals surface area contributed by atoms with Gasteiger partial charge in [-0.3, -0.25) is 10.6 Å². The van der Waals surface area contributed by atoms with E-state index in [-0.39, 0.29) is 17.9 Å². The highest BCUT2D eigenvalue weighted by Gasteiger charge is 2.21. The standard InChI is InChI=1S/C15H27N5O/c1-6-11(7-2)10(5)18-15(21)13-12(20-16)8-17-14(19-13)9(3)4/h8-11,20H,6-7,16H2,1-5H3,(H,18,21).